The van der Waals surface area contributed by atoms with Gasteiger partial charge < -0.3 is 11.5 Å². The smallest absolute Gasteiger partial charge is 0.234 e. The number of carbonyl (C=O) groups is 1. The maximum atomic E-state index is 10.4. The fourth-order valence-corrected chi connectivity index (χ4v) is 1.03. The van der Waals surface area contributed by atoms with Crippen LogP contribution in [0.1, 0.15) is 19.3 Å². The zero-order valence-corrected chi connectivity index (χ0v) is 6.56. The largest absolute Gasteiger partial charge is 0.368 e. The summed E-state index contributed by atoms with van der Waals surface area (Å²) in [6.45, 7) is 0. The van der Waals surface area contributed by atoms with Gasteiger partial charge in [0.05, 0.1) is 6.04 Å². The van der Waals surface area contributed by atoms with Crippen molar-refractivity contribution < 1.29 is 4.79 Å². The molecule has 3 nitrogen and oxygen atoms in total. The highest BCUT2D eigenvalue weighted by atomic mass is 35.5. The van der Waals surface area contributed by atoms with Crippen LogP contribution < -0.4 is 11.5 Å². The van der Waals surface area contributed by atoms with Crippen molar-refractivity contribution in [3.63, 3.8) is 0 Å². The van der Waals surface area contributed by atoms with Crippen molar-refractivity contribution in [2.24, 2.45) is 17.4 Å². The standard InChI is InChI=1S/C6H12N2O.ClH/c7-5(6(8)9)4-2-1-3-4;/h4-5H,1-3,7H2,(H2,8,9);1H/t5-;/m1./s1. The Morgan fingerprint density at radius 3 is 2.10 bits per heavy atom. The van der Waals surface area contributed by atoms with E-state index in [1.807, 2.05) is 0 Å². The highest BCUT2D eigenvalue weighted by molar-refractivity contribution is 5.85. The van der Waals surface area contributed by atoms with Gasteiger partial charge in [-0.15, -0.1) is 12.4 Å². The minimum Gasteiger partial charge on any atom is -0.368 e. The molecule has 0 aromatic carbocycles. The maximum absolute atomic E-state index is 10.4. The minimum atomic E-state index is -0.390. The van der Waals surface area contributed by atoms with Crippen molar-refractivity contribution in [1.82, 2.24) is 0 Å². The van der Waals surface area contributed by atoms with Crippen LogP contribution in [0.3, 0.4) is 0 Å². The van der Waals surface area contributed by atoms with Crippen LogP contribution in [0.2, 0.25) is 0 Å². The first-order chi connectivity index (χ1) is 4.22. The second-order valence-corrected chi connectivity index (χ2v) is 2.62. The molecule has 60 valence electrons. The molecule has 0 aromatic rings. The number of rotatable bonds is 2. The van der Waals surface area contributed by atoms with Crippen LogP contribution in [0.4, 0.5) is 0 Å². The van der Waals surface area contributed by atoms with Gasteiger partial charge in [-0.2, -0.15) is 0 Å². The molecule has 0 bridgehead atoms. The van der Waals surface area contributed by atoms with E-state index in [9.17, 15) is 4.79 Å². The number of primary amides is 1. The van der Waals surface area contributed by atoms with E-state index in [4.69, 9.17) is 11.5 Å². The van der Waals surface area contributed by atoms with Gasteiger partial charge in [0.25, 0.3) is 0 Å². The van der Waals surface area contributed by atoms with Crippen molar-refractivity contribution >= 4 is 18.3 Å². The molecule has 10 heavy (non-hydrogen) atoms. The summed E-state index contributed by atoms with van der Waals surface area (Å²) in [6, 6.07) is -0.390. The monoisotopic (exact) mass is 164 g/mol. The van der Waals surface area contributed by atoms with Gasteiger partial charge in [-0.3, -0.25) is 4.79 Å². The number of hydrogen-bond donors (Lipinski definition) is 2. The molecular weight excluding hydrogens is 152 g/mol. The fraction of sp³-hybridized carbons (Fsp3) is 0.833. The number of amides is 1. The van der Waals surface area contributed by atoms with Crippen LogP contribution in [0.15, 0.2) is 0 Å². The molecule has 1 rings (SSSR count). The van der Waals surface area contributed by atoms with Crippen molar-refractivity contribution in [3.05, 3.63) is 0 Å². The number of hydrogen-bond acceptors (Lipinski definition) is 2. The lowest BCUT2D eigenvalue weighted by Gasteiger charge is -2.28. The van der Waals surface area contributed by atoms with Crippen LogP contribution in [0.5, 0.6) is 0 Å². The normalized spacial score (nSPS) is 20.5. The Morgan fingerprint density at radius 1 is 1.50 bits per heavy atom. The zero-order valence-electron chi connectivity index (χ0n) is 5.75. The van der Waals surface area contributed by atoms with Crippen LogP contribution in [-0.2, 0) is 4.79 Å². The molecule has 1 amide bonds. The van der Waals surface area contributed by atoms with E-state index in [1.165, 1.54) is 6.42 Å². The maximum Gasteiger partial charge on any atom is 0.234 e. The summed E-state index contributed by atoms with van der Waals surface area (Å²) in [6.07, 6.45) is 3.35. The quantitative estimate of drug-likeness (QED) is 0.604. The molecule has 4 N–H and O–H groups in total. The van der Waals surface area contributed by atoms with Gasteiger partial charge in [0.1, 0.15) is 0 Å². The summed E-state index contributed by atoms with van der Waals surface area (Å²) < 4.78 is 0. The number of halogens is 1. The van der Waals surface area contributed by atoms with E-state index in [1.54, 1.807) is 0 Å². The second-order valence-electron chi connectivity index (χ2n) is 2.62. The fourth-order valence-electron chi connectivity index (χ4n) is 1.03. The third-order valence-electron chi connectivity index (χ3n) is 1.99. The van der Waals surface area contributed by atoms with Crippen LogP contribution in [0.25, 0.3) is 0 Å². The molecule has 0 radical (unpaired) electrons. The highest BCUT2D eigenvalue weighted by Gasteiger charge is 2.27. The zero-order chi connectivity index (χ0) is 6.85. The highest BCUT2D eigenvalue weighted by Crippen LogP contribution is 2.28. The lowest BCUT2D eigenvalue weighted by atomic mass is 9.80. The Hall–Kier alpha value is -0.280. The van der Waals surface area contributed by atoms with E-state index in [2.05, 4.69) is 0 Å². The SMILES string of the molecule is Cl.NC(=O)[C@H](N)C1CCC1. The van der Waals surface area contributed by atoms with E-state index in [0.29, 0.717) is 5.92 Å². The average molecular weight is 165 g/mol. The Bertz CT molecular complexity index is 125. The molecule has 0 unspecified atom stereocenters. The summed E-state index contributed by atoms with van der Waals surface area (Å²) in [5.74, 6) is 0.0159. The van der Waals surface area contributed by atoms with Gasteiger partial charge >= 0.3 is 0 Å². The minimum absolute atomic E-state index is 0. The lowest BCUT2D eigenvalue weighted by molar-refractivity contribution is -0.121. The van der Waals surface area contributed by atoms with Crippen molar-refractivity contribution in [1.29, 1.82) is 0 Å². The Labute approximate surface area is 66.6 Å². The summed E-state index contributed by atoms with van der Waals surface area (Å²) >= 11 is 0. The summed E-state index contributed by atoms with van der Waals surface area (Å²) in [5, 5.41) is 0. The van der Waals surface area contributed by atoms with Gasteiger partial charge in [-0.1, -0.05) is 6.42 Å². The van der Waals surface area contributed by atoms with E-state index >= 15 is 0 Å². The molecule has 0 saturated heterocycles. The first kappa shape index (κ1) is 9.72. The summed E-state index contributed by atoms with van der Waals surface area (Å²) in [7, 11) is 0. The van der Waals surface area contributed by atoms with Gasteiger partial charge in [-0.25, -0.2) is 0 Å². The van der Waals surface area contributed by atoms with Crippen molar-refractivity contribution in [2.75, 3.05) is 0 Å². The van der Waals surface area contributed by atoms with Crippen LogP contribution in [-0.4, -0.2) is 11.9 Å². The summed E-state index contributed by atoms with van der Waals surface area (Å²) in [4.78, 5) is 10.4. The molecule has 0 aliphatic heterocycles. The number of carbonyl (C=O) groups excluding carboxylic acids is 1. The average Bonchev–Trinajstić information content (AvgIpc) is 1.60. The molecule has 1 fully saturated rings. The predicted molar refractivity (Wildman–Crippen MR) is 41.8 cm³/mol. The Kier molecular flexibility index (Phi) is 3.68. The molecule has 0 spiro atoms. The van der Waals surface area contributed by atoms with Crippen LogP contribution >= 0.6 is 12.4 Å². The van der Waals surface area contributed by atoms with E-state index in [0.717, 1.165) is 12.8 Å². The van der Waals surface area contributed by atoms with Gasteiger partial charge in [0.2, 0.25) is 5.91 Å². The molecule has 1 aliphatic rings. The topological polar surface area (TPSA) is 69.1 Å². The van der Waals surface area contributed by atoms with E-state index < -0.39 is 6.04 Å². The number of nitrogens with two attached hydrogens (primary N) is 2. The second kappa shape index (κ2) is 3.78. The Balaban J connectivity index is 0.000000810. The Morgan fingerprint density at radius 2 is 2.00 bits per heavy atom. The first-order valence-corrected chi connectivity index (χ1v) is 3.26. The molecule has 1 saturated carbocycles. The molecule has 0 heterocycles. The van der Waals surface area contributed by atoms with Crippen molar-refractivity contribution in [2.45, 2.75) is 25.3 Å². The van der Waals surface area contributed by atoms with Gasteiger partial charge in [0.15, 0.2) is 0 Å². The summed E-state index contributed by atoms with van der Waals surface area (Å²) in [5.41, 5.74) is 10.4. The first-order valence-electron chi connectivity index (χ1n) is 3.26. The van der Waals surface area contributed by atoms with Gasteiger partial charge in [0, 0.05) is 0 Å². The lowest BCUT2D eigenvalue weighted by Crippen LogP contribution is -2.45. The van der Waals surface area contributed by atoms with E-state index in [-0.39, 0.29) is 18.3 Å². The van der Waals surface area contributed by atoms with Crippen LogP contribution in [0, 0.1) is 5.92 Å². The molecule has 0 aromatic heterocycles. The third-order valence-corrected chi connectivity index (χ3v) is 1.99. The molecule has 1 aliphatic carbocycles. The van der Waals surface area contributed by atoms with Crippen molar-refractivity contribution in [3.8, 4) is 0 Å². The molecular formula is C6H13ClN2O. The van der Waals surface area contributed by atoms with Gasteiger partial charge in [-0.05, 0) is 18.8 Å². The third kappa shape index (κ3) is 1.85. The molecule has 1 atom stereocenters. The predicted octanol–water partition coefficient (Wildman–Crippen LogP) is 0.0209. The molecule has 4 heteroatoms.